The number of hydrogen-bond donors (Lipinski definition) is 0. The van der Waals surface area contributed by atoms with Gasteiger partial charge in [0.1, 0.15) is 11.6 Å². The molecule has 4 heteroatoms. The molecule has 1 heterocycles. The van der Waals surface area contributed by atoms with Crippen molar-refractivity contribution in [3.63, 3.8) is 0 Å². The number of benzene rings is 1. The van der Waals surface area contributed by atoms with Crippen LogP contribution in [-0.4, -0.2) is 23.9 Å². The highest BCUT2D eigenvalue weighted by atomic mass is 19.1. The van der Waals surface area contributed by atoms with E-state index in [1.807, 2.05) is 0 Å². The van der Waals surface area contributed by atoms with Crippen LogP contribution in [0.1, 0.15) is 18.4 Å². The molecule has 1 saturated heterocycles. The summed E-state index contributed by atoms with van der Waals surface area (Å²) >= 11 is 0. The number of likely N-dealkylation sites (tertiary alicyclic amines) is 1. The Balaban J connectivity index is 2.07. The largest absolute Gasteiger partial charge is 0.342 e. The molecule has 0 aliphatic carbocycles. The van der Waals surface area contributed by atoms with E-state index in [-0.39, 0.29) is 17.9 Å². The molecule has 1 aromatic rings. The maximum Gasteiger partial charge on any atom is 0.227 e. The summed E-state index contributed by atoms with van der Waals surface area (Å²) < 4.78 is 26.2. The molecular weight excluding hydrogens is 212 g/mol. The van der Waals surface area contributed by atoms with Crippen molar-refractivity contribution < 1.29 is 13.6 Å². The maximum absolute atomic E-state index is 13.3. The molecule has 1 aliphatic rings. The Labute approximate surface area is 92.9 Å². The summed E-state index contributed by atoms with van der Waals surface area (Å²) in [5, 5.41) is 0. The topological polar surface area (TPSA) is 20.3 Å². The average molecular weight is 225 g/mol. The zero-order chi connectivity index (χ0) is 11.5. The maximum atomic E-state index is 13.3. The summed E-state index contributed by atoms with van der Waals surface area (Å²) in [5.74, 6) is -1.15. The van der Waals surface area contributed by atoms with E-state index in [2.05, 4.69) is 0 Å². The molecule has 0 spiro atoms. The molecule has 0 atom stereocenters. The van der Waals surface area contributed by atoms with E-state index in [4.69, 9.17) is 0 Å². The second kappa shape index (κ2) is 4.60. The molecule has 0 N–H and O–H groups in total. The van der Waals surface area contributed by atoms with Crippen LogP contribution in [0.2, 0.25) is 0 Å². The van der Waals surface area contributed by atoms with Crippen LogP contribution in [0.4, 0.5) is 8.78 Å². The molecule has 1 amide bonds. The van der Waals surface area contributed by atoms with Gasteiger partial charge in [-0.15, -0.1) is 0 Å². The van der Waals surface area contributed by atoms with Gasteiger partial charge in [-0.1, -0.05) is 0 Å². The number of halogens is 2. The van der Waals surface area contributed by atoms with Gasteiger partial charge < -0.3 is 4.90 Å². The third kappa shape index (κ3) is 2.38. The van der Waals surface area contributed by atoms with Crippen molar-refractivity contribution in [3.8, 4) is 0 Å². The van der Waals surface area contributed by atoms with Crippen LogP contribution in [0.3, 0.4) is 0 Å². The zero-order valence-corrected chi connectivity index (χ0v) is 8.88. The molecule has 86 valence electrons. The first kappa shape index (κ1) is 11.0. The van der Waals surface area contributed by atoms with Crippen molar-refractivity contribution in [3.05, 3.63) is 35.4 Å². The fourth-order valence-corrected chi connectivity index (χ4v) is 1.92. The molecule has 0 saturated carbocycles. The molecule has 2 nitrogen and oxygen atoms in total. The first-order valence-corrected chi connectivity index (χ1v) is 5.38. The van der Waals surface area contributed by atoms with Crippen LogP contribution in [0.5, 0.6) is 0 Å². The standard InChI is InChI=1S/C12H13F2NO/c13-10-3-4-11(14)9(7-10)8-12(16)15-5-1-2-6-15/h3-4,7H,1-2,5-6,8H2. The summed E-state index contributed by atoms with van der Waals surface area (Å²) in [7, 11) is 0. The number of amides is 1. The van der Waals surface area contributed by atoms with E-state index in [1.54, 1.807) is 4.90 Å². The van der Waals surface area contributed by atoms with Gasteiger partial charge in [0.05, 0.1) is 6.42 Å². The number of carbonyl (C=O) groups is 1. The Morgan fingerprint density at radius 3 is 2.62 bits per heavy atom. The van der Waals surface area contributed by atoms with E-state index in [1.165, 1.54) is 0 Å². The van der Waals surface area contributed by atoms with Gasteiger partial charge in [0.15, 0.2) is 0 Å². The van der Waals surface area contributed by atoms with Crippen LogP contribution in [0, 0.1) is 11.6 Å². The Morgan fingerprint density at radius 2 is 1.94 bits per heavy atom. The monoisotopic (exact) mass is 225 g/mol. The third-order valence-corrected chi connectivity index (χ3v) is 2.81. The van der Waals surface area contributed by atoms with Crippen molar-refractivity contribution in [1.29, 1.82) is 0 Å². The molecule has 0 aromatic heterocycles. The lowest BCUT2D eigenvalue weighted by molar-refractivity contribution is -0.129. The molecule has 16 heavy (non-hydrogen) atoms. The lowest BCUT2D eigenvalue weighted by Gasteiger charge is -2.15. The SMILES string of the molecule is O=C(Cc1cc(F)ccc1F)N1CCCC1. The number of nitrogens with zero attached hydrogens (tertiary/aromatic N) is 1. The Bertz CT molecular complexity index is 400. The van der Waals surface area contributed by atoms with E-state index < -0.39 is 11.6 Å². The predicted octanol–water partition coefficient (Wildman–Crippen LogP) is 2.13. The molecule has 1 fully saturated rings. The lowest BCUT2D eigenvalue weighted by Crippen LogP contribution is -2.29. The van der Waals surface area contributed by atoms with Crippen molar-refractivity contribution in [2.75, 3.05) is 13.1 Å². The second-order valence-electron chi connectivity index (χ2n) is 4.00. The summed E-state index contributed by atoms with van der Waals surface area (Å²) in [6.45, 7) is 1.46. The number of hydrogen-bond acceptors (Lipinski definition) is 1. The van der Waals surface area contributed by atoms with E-state index in [0.29, 0.717) is 0 Å². The third-order valence-electron chi connectivity index (χ3n) is 2.81. The average Bonchev–Trinajstić information content (AvgIpc) is 2.76. The van der Waals surface area contributed by atoms with Crippen LogP contribution in [0.15, 0.2) is 18.2 Å². The van der Waals surface area contributed by atoms with Crippen molar-refractivity contribution in [1.82, 2.24) is 4.90 Å². The zero-order valence-electron chi connectivity index (χ0n) is 8.88. The quantitative estimate of drug-likeness (QED) is 0.755. The lowest BCUT2D eigenvalue weighted by atomic mass is 10.1. The molecule has 0 unspecified atom stereocenters. The molecule has 1 aromatic carbocycles. The van der Waals surface area contributed by atoms with Gasteiger partial charge in [0.25, 0.3) is 0 Å². The summed E-state index contributed by atoms with van der Waals surface area (Å²) in [6.07, 6.45) is 1.94. The van der Waals surface area contributed by atoms with Crippen LogP contribution < -0.4 is 0 Å². The fraction of sp³-hybridized carbons (Fsp3) is 0.417. The highest BCUT2D eigenvalue weighted by Crippen LogP contribution is 2.14. The summed E-state index contributed by atoms with van der Waals surface area (Å²) in [4.78, 5) is 13.4. The van der Waals surface area contributed by atoms with Gasteiger partial charge >= 0.3 is 0 Å². The highest BCUT2D eigenvalue weighted by Gasteiger charge is 2.19. The van der Waals surface area contributed by atoms with Crippen LogP contribution in [0.25, 0.3) is 0 Å². The number of carbonyl (C=O) groups excluding carboxylic acids is 1. The Kier molecular flexibility index (Phi) is 3.17. The Hall–Kier alpha value is -1.45. The molecule has 2 rings (SSSR count). The molecule has 0 bridgehead atoms. The number of rotatable bonds is 2. The van der Waals surface area contributed by atoms with Crippen molar-refractivity contribution >= 4 is 5.91 Å². The minimum absolute atomic E-state index is 0.0520. The molecule has 1 aliphatic heterocycles. The van der Waals surface area contributed by atoms with Gasteiger partial charge in [-0.2, -0.15) is 0 Å². The molecule has 0 radical (unpaired) electrons. The first-order valence-electron chi connectivity index (χ1n) is 5.38. The Morgan fingerprint density at radius 1 is 1.25 bits per heavy atom. The van der Waals surface area contributed by atoms with Gasteiger partial charge in [-0.3, -0.25) is 4.79 Å². The molecular formula is C12H13F2NO. The van der Waals surface area contributed by atoms with Gasteiger partial charge in [-0.25, -0.2) is 8.78 Å². The summed E-state index contributed by atoms with van der Waals surface area (Å²) in [6, 6.07) is 3.20. The van der Waals surface area contributed by atoms with Crippen molar-refractivity contribution in [2.45, 2.75) is 19.3 Å². The van der Waals surface area contributed by atoms with Crippen LogP contribution >= 0.6 is 0 Å². The van der Waals surface area contributed by atoms with Crippen molar-refractivity contribution in [2.24, 2.45) is 0 Å². The second-order valence-corrected chi connectivity index (χ2v) is 4.00. The van der Waals surface area contributed by atoms with Gasteiger partial charge in [-0.05, 0) is 31.0 Å². The van der Waals surface area contributed by atoms with E-state index in [0.717, 1.165) is 44.1 Å². The predicted molar refractivity (Wildman–Crippen MR) is 55.9 cm³/mol. The summed E-state index contributed by atoms with van der Waals surface area (Å²) in [5.41, 5.74) is 0.136. The van der Waals surface area contributed by atoms with E-state index >= 15 is 0 Å². The van der Waals surface area contributed by atoms with Gasteiger partial charge in [0.2, 0.25) is 5.91 Å². The van der Waals surface area contributed by atoms with Gasteiger partial charge in [0, 0.05) is 18.7 Å². The first-order chi connectivity index (χ1) is 7.66. The normalized spacial score (nSPS) is 15.5. The van der Waals surface area contributed by atoms with E-state index in [9.17, 15) is 13.6 Å². The van der Waals surface area contributed by atoms with Crippen LogP contribution in [-0.2, 0) is 11.2 Å². The highest BCUT2D eigenvalue weighted by molar-refractivity contribution is 5.79. The minimum atomic E-state index is -0.519. The minimum Gasteiger partial charge on any atom is -0.342 e. The fourth-order valence-electron chi connectivity index (χ4n) is 1.92. The smallest absolute Gasteiger partial charge is 0.227 e.